The van der Waals surface area contributed by atoms with Crippen molar-refractivity contribution in [1.82, 2.24) is 16.0 Å². The summed E-state index contributed by atoms with van der Waals surface area (Å²) in [4.78, 5) is 24.7. The summed E-state index contributed by atoms with van der Waals surface area (Å²) in [7, 11) is 1.54. The lowest BCUT2D eigenvalue weighted by molar-refractivity contribution is 0.0827. The zero-order valence-electron chi connectivity index (χ0n) is 15.7. The molecular weight excluding hydrogens is 374 g/mol. The Morgan fingerprint density at radius 3 is 2.52 bits per heavy atom. The highest BCUT2D eigenvalue weighted by molar-refractivity contribution is 6.01. The number of nitrogens with one attached hydrogen (secondary N) is 2. The van der Waals surface area contributed by atoms with E-state index in [0.29, 0.717) is 28.2 Å². The van der Waals surface area contributed by atoms with Crippen LogP contribution in [0, 0.1) is 6.92 Å². The normalized spacial score (nSPS) is 10.7. The molecule has 0 atom stereocenters. The molecule has 0 saturated carbocycles. The molecule has 2 heterocycles. The number of ether oxygens (including phenoxy) is 1. The summed E-state index contributed by atoms with van der Waals surface area (Å²) in [6.45, 7) is 1.78. The molecule has 0 bridgehead atoms. The maximum atomic E-state index is 12.4. The van der Waals surface area contributed by atoms with E-state index >= 15 is 0 Å². The van der Waals surface area contributed by atoms with Crippen LogP contribution in [0.25, 0.3) is 22.3 Å². The van der Waals surface area contributed by atoms with E-state index in [9.17, 15) is 9.59 Å². The third-order valence-electron chi connectivity index (χ3n) is 4.45. The van der Waals surface area contributed by atoms with Gasteiger partial charge in [-0.1, -0.05) is 35.5 Å². The summed E-state index contributed by atoms with van der Waals surface area (Å²) < 4.78 is 16.1. The van der Waals surface area contributed by atoms with E-state index in [1.165, 1.54) is 6.07 Å². The second-order valence-electron chi connectivity index (χ2n) is 6.24. The van der Waals surface area contributed by atoms with Gasteiger partial charge in [0.05, 0.1) is 12.7 Å². The minimum absolute atomic E-state index is 0.00698. The molecule has 0 aliphatic rings. The molecule has 4 rings (SSSR count). The van der Waals surface area contributed by atoms with Gasteiger partial charge in [-0.25, -0.2) is 0 Å². The number of carbonyl (C=O) groups excluding carboxylic acids is 2. The largest absolute Gasteiger partial charge is 0.496 e. The third-order valence-corrected chi connectivity index (χ3v) is 4.45. The average molecular weight is 391 g/mol. The van der Waals surface area contributed by atoms with Gasteiger partial charge in [0.15, 0.2) is 17.2 Å². The summed E-state index contributed by atoms with van der Waals surface area (Å²) in [5.41, 5.74) is 6.59. The number of hydrogen-bond acceptors (Lipinski definition) is 6. The topological polar surface area (TPSA) is 107 Å². The van der Waals surface area contributed by atoms with Gasteiger partial charge in [0.2, 0.25) is 0 Å². The number of furan rings is 1. The number of methoxy groups -OCH3 is 1. The first-order chi connectivity index (χ1) is 14.1. The van der Waals surface area contributed by atoms with Crippen molar-refractivity contribution in [1.29, 1.82) is 0 Å². The molecule has 0 spiro atoms. The summed E-state index contributed by atoms with van der Waals surface area (Å²) in [6, 6.07) is 16.0. The molecule has 146 valence electrons. The van der Waals surface area contributed by atoms with Gasteiger partial charge in [-0.15, -0.1) is 0 Å². The number of amides is 2. The predicted molar refractivity (Wildman–Crippen MR) is 104 cm³/mol. The Bertz CT molecular complexity index is 1210. The van der Waals surface area contributed by atoms with Gasteiger partial charge in [0.25, 0.3) is 5.91 Å². The molecule has 0 aliphatic carbocycles. The van der Waals surface area contributed by atoms with Gasteiger partial charge in [-0.2, -0.15) is 0 Å². The number of fused-ring (bicyclic) bond motifs is 1. The Hall–Kier alpha value is -4.07. The molecule has 0 fully saturated rings. The van der Waals surface area contributed by atoms with Crippen molar-refractivity contribution in [3.63, 3.8) is 0 Å². The van der Waals surface area contributed by atoms with Crippen LogP contribution in [0.3, 0.4) is 0 Å². The van der Waals surface area contributed by atoms with Crippen molar-refractivity contribution in [2.75, 3.05) is 7.11 Å². The van der Waals surface area contributed by atoms with Crippen molar-refractivity contribution in [2.45, 2.75) is 6.92 Å². The quantitative estimate of drug-likeness (QED) is 0.516. The number of benzene rings is 2. The smallest absolute Gasteiger partial charge is 0.305 e. The summed E-state index contributed by atoms with van der Waals surface area (Å²) in [5, 5.41) is 4.59. The van der Waals surface area contributed by atoms with Gasteiger partial charge >= 0.3 is 5.91 Å². The molecule has 0 radical (unpaired) electrons. The highest BCUT2D eigenvalue weighted by atomic mass is 16.5. The Kier molecular flexibility index (Phi) is 4.74. The first-order valence-electron chi connectivity index (χ1n) is 8.77. The van der Waals surface area contributed by atoms with Crippen LogP contribution in [0.5, 0.6) is 5.75 Å². The van der Waals surface area contributed by atoms with Crippen LogP contribution < -0.4 is 15.6 Å². The van der Waals surface area contributed by atoms with Crippen LogP contribution in [0.2, 0.25) is 0 Å². The van der Waals surface area contributed by atoms with Crippen LogP contribution in [0.1, 0.15) is 26.6 Å². The van der Waals surface area contributed by atoms with Gasteiger partial charge in [-0.3, -0.25) is 20.4 Å². The maximum Gasteiger partial charge on any atom is 0.305 e. The monoisotopic (exact) mass is 391 g/mol. The minimum Gasteiger partial charge on any atom is -0.496 e. The molecular formula is C21H17N3O5. The van der Waals surface area contributed by atoms with E-state index < -0.39 is 11.8 Å². The van der Waals surface area contributed by atoms with Crippen LogP contribution in [0.4, 0.5) is 0 Å². The number of hydrogen-bond donors (Lipinski definition) is 2. The minimum atomic E-state index is -0.628. The Morgan fingerprint density at radius 2 is 1.72 bits per heavy atom. The maximum absolute atomic E-state index is 12.4. The first-order valence-corrected chi connectivity index (χ1v) is 8.77. The molecule has 2 amide bonds. The lowest BCUT2D eigenvalue weighted by Crippen LogP contribution is -2.41. The van der Waals surface area contributed by atoms with Gasteiger partial charge in [0, 0.05) is 17.0 Å². The van der Waals surface area contributed by atoms with Crippen molar-refractivity contribution in [2.24, 2.45) is 0 Å². The number of nitrogens with zero attached hydrogens (tertiary/aromatic N) is 1. The number of carbonyl (C=O) groups is 2. The molecule has 8 nitrogen and oxygen atoms in total. The van der Waals surface area contributed by atoms with Gasteiger partial charge < -0.3 is 13.7 Å². The molecule has 4 aromatic rings. The number of rotatable bonds is 4. The number of aromatic nitrogens is 1. The highest BCUT2D eigenvalue weighted by Gasteiger charge is 2.20. The van der Waals surface area contributed by atoms with Crippen LogP contribution in [-0.2, 0) is 0 Å². The molecule has 2 aromatic carbocycles. The predicted octanol–water partition coefficient (Wildman–Crippen LogP) is 3.48. The Labute approximate surface area is 165 Å². The van der Waals surface area contributed by atoms with Gasteiger partial charge in [0.1, 0.15) is 11.3 Å². The van der Waals surface area contributed by atoms with E-state index in [1.54, 1.807) is 32.2 Å². The highest BCUT2D eigenvalue weighted by Crippen LogP contribution is 2.30. The van der Waals surface area contributed by atoms with Crippen LogP contribution in [0.15, 0.2) is 63.5 Å². The summed E-state index contributed by atoms with van der Waals surface area (Å²) in [6.07, 6.45) is 0. The van der Waals surface area contributed by atoms with Crippen molar-refractivity contribution in [3.8, 4) is 17.1 Å². The SMILES string of the molecule is COc1ccccc1-c1cc(C(=O)NNC(=O)c2oc3ccccc3c2C)no1. The second kappa shape index (κ2) is 7.51. The molecule has 0 aliphatic heterocycles. The van der Waals surface area contributed by atoms with E-state index in [1.807, 2.05) is 30.3 Å². The summed E-state index contributed by atoms with van der Waals surface area (Å²) >= 11 is 0. The lowest BCUT2D eigenvalue weighted by atomic mass is 10.1. The average Bonchev–Trinajstić information content (AvgIpc) is 3.37. The van der Waals surface area contributed by atoms with Crippen molar-refractivity contribution >= 4 is 22.8 Å². The van der Waals surface area contributed by atoms with Gasteiger partial charge in [-0.05, 0) is 25.1 Å². The molecule has 2 N–H and O–H groups in total. The molecule has 0 unspecified atom stereocenters. The Morgan fingerprint density at radius 1 is 1.00 bits per heavy atom. The molecule has 0 saturated heterocycles. The third kappa shape index (κ3) is 3.43. The van der Waals surface area contributed by atoms with E-state index in [4.69, 9.17) is 13.7 Å². The first kappa shape index (κ1) is 18.3. The fourth-order valence-electron chi connectivity index (χ4n) is 2.98. The van der Waals surface area contributed by atoms with Crippen molar-refractivity contribution in [3.05, 3.63) is 71.6 Å². The number of aryl methyl sites for hydroxylation is 1. The van der Waals surface area contributed by atoms with E-state index in [-0.39, 0.29) is 11.5 Å². The van der Waals surface area contributed by atoms with E-state index in [0.717, 1.165) is 5.39 Å². The second-order valence-corrected chi connectivity index (χ2v) is 6.24. The van der Waals surface area contributed by atoms with Crippen LogP contribution >= 0.6 is 0 Å². The molecule has 8 heteroatoms. The fraction of sp³-hybridized carbons (Fsp3) is 0.0952. The zero-order chi connectivity index (χ0) is 20.4. The van der Waals surface area contributed by atoms with E-state index in [2.05, 4.69) is 16.0 Å². The molecule has 29 heavy (non-hydrogen) atoms. The number of para-hydroxylation sites is 2. The molecule has 2 aromatic heterocycles. The lowest BCUT2D eigenvalue weighted by Gasteiger charge is -2.04. The Balaban J connectivity index is 1.47. The fourth-order valence-corrected chi connectivity index (χ4v) is 2.98. The number of hydrazine groups is 1. The standard InChI is InChI=1S/C21H17N3O5/c1-12-13-7-3-6-10-17(13)28-19(12)21(26)23-22-20(25)15-11-18(29-24-15)14-8-4-5-9-16(14)27-2/h3-11H,1-2H3,(H,22,25)(H,23,26). The van der Waals surface area contributed by atoms with Crippen LogP contribution in [-0.4, -0.2) is 24.1 Å². The summed E-state index contributed by atoms with van der Waals surface area (Å²) in [5.74, 6) is -0.116. The zero-order valence-corrected chi connectivity index (χ0v) is 15.7. The van der Waals surface area contributed by atoms with Crippen molar-refractivity contribution < 1.29 is 23.3 Å².